The smallest absolute Gasteiger partial charge is 0.330 e. The van der Waals surface area contributed by atoms with Crippen molar-refractivity contribution in [3.05, 3.63) is 36.0 Å². The maximum atomic E-state index is 14.4. The molecule has 0 aromatic carbocycles. The second kappa shape index (κ2) is 12.9. The lowest BCUT2D eigenvalue weighted by Crippen LogP contribution is -2.21. The summed E-state index contributed by atoms with van der Waals surface area (Å²) in [5.41, 5.74) is 1.22. The van der Waals surface area contributed by atoms with Gasteiger partial charge in [-0.05, 0) is 51.4 Å². The molecule has 1 rings (SSSR count). The lowest BCUT2D eigenvalue weighted by molar-refractivity contribution is -0.134. The Morgan fingerprint density at radius 3 is 2.68 bits per heavy atom. The second-order valence-corrected chi connectivity index (χ2v) is 8.14. The highest BCUT2D eigenvalue weighted by atomic mass is 19.1. The van der Waals surface area contributed by atoms with Crippen LogP contribution in [0.2, 0.25) is 0 Å². The summed E-state index contributed by atoms with van der Waals surface area (Å²) in [4.78, 5) is 11.0. The molecule has 1 aliphatic carbocycles. The van der Waals surface area contributed by atoms with Gasteiger partial charge in [-0.25, -0.2) is 9.18 Å². The Labute approximate surface area is 169 Å². The first-order valence-corrected chi connectivity index (χ1v) is 10.3. The molecule has 5 heteroatoms. The molecular formula is C23H37FO4. The standard InChI is InChI=1S/C23H37FO4/c1-16(2)11-12-17(3)21(25)14-13-19-18(20(24)15-22(19)26)9-7-5-6-8-10-23(27)28-4/h8,10-11,13-14,17-22,25-26H,5-7,9,12,15H2,1-4H3/b10-8+,14-13+/t17?,18-,19-,20-,21?,22-/m1/s1. The molecule has 160 valence electrons. The summed E-state index contributed by atoms with van der Waals surface area (Å²) in [6.07, 6.45) is 10.5. The Morgan fingerprint density at radius 2 is 2.04 bits per heavy atom. The van der Waals surface area contributed by atoms with Crippen molar-refractivity contribution < 1.29 is 24.1 Å². The van der Waals surface area contributed by atoms with Crippen molar-refractivity contribution in [1.82, 2.24) is 0 Å². The lowest BCUT2D eigenvalue weighted by Gasteiger charge is -2.21. The summed E-state index contributed by atoms with van der Waals surface area (Å²) in [7, 11) is 1.34. The van der Waals surface area contributed by atoms with E-state index in [1.807, 2.05) is 26.8 Å². The average Bonchev–Trinajstić information content (AvgIpc) is 2.92. The maximum Gasteiger partial charge on any atom is 0.330 e. The van der Waals surface area contributed by atoms with Gasteiger partial charge in [-0.1, -0.05) is 43.2 Å². The highest BCUT2D eigenvalue weighted by molar-refractivity contribution is 5.81. The van der Waals surface area contributed by atoms with Crippen LogP contribution in [0.5, 0.6) is 0 Å². The van der Waals surface area contributed by atoms with Crippen molar-refractivity contribution in [2.45, 2.75) is 77.7 Å². The first-order valence-electron chi connectivity index (χ1n) is 10.3. The maximum absolute atomic E-state index is 14.4. The van der Waals surface area contributed by atoms with Crippen LogP contribution in [-0.2, 0) is 9.53 Å². The Hall–Kier alpha value is -1.46. The third kappa shape index (κ3) is 8.70. The average molecular weight is 397 g/mol. The van der Waals surface area contributed by atoms with E-state index < -0.39 is 18.4 Å². The molecule has 0 radical (unpaired) electrons. The van der Waals surface area contributed by atoms with Gasteiger partial charge in [0.1, 0.15) is 6.17 Å². The third-order valence-electron chi connectivity index (χ3n) is 5.49. The number of carbonyl (C=O) groups is 1. The fraction of sp³-hybridized carbons (Fsp3) is 0.696. The number of rotatable bonds is 11. The Balaban J connectivity index is 2.52. The van der Waals surface area contributed by atoms with E-state index in [1.165, 1.54) is 18.8 Å². The Kier molecular flexibility index (Phi) is 11.3. The molecule has 2 unspecified atom stereocenters. The number of alkyl halides is 1. The van der Waals surface area contributed by atoms with Gasteiger partial charge in [0, 0.05) is 18.4 Å². The first-order chi connectivity index (χ1) is 13.3. The molecule has 0 amide bonds. The molecule has 1 aliphatic rings. The van der Waals surface area contributed by atoms with Gasteiger partial charge >= 0.3 is 5.97 Å². The van der Waals surface area contributed by atoms with E-state index in [1.54, 1.807) is 12.2 Å². The summed E-state index contributed by atoms with van der Waals surface area (Å²) in [5, 5.41) is 20.6. The third-order valence-corrected chi connectivity index (χ3v) is 5.49. The number of hydrogen-bond donors (Lipinski definition) is 2. The number of halogens is 1. The van der Waals surface area contributed by atoms with Crippen LogP contribution in [0.4, 0.5) is 4.39 Å². The van der Waals surface area contributed by atoms with Crippen molar-refractivity contribution in [2.75, 3.05) is 7.11 Å². The molecule has 2 N–H and O–H groups in total. The van der Waals surface area contributed by atoms with E-state index >= 15 is 0 Å². The summed E-state index contributed by atoms with van der Waals surface area (Å²) < 4.78 is 18.9. The van der Waals surface area contributed by atoms with Crippen molar-refractivity contribution in [1.29, 1.82) is 0 Å². The molecule has 0 aliphatic heterocycles. The number of aliphatic hydroxyl groups is 2. The molecule has 0 saturated heterocycles. The van der Waals surface area contributed by atoms with Gasteiger partial charge in [0.25, 0.3) is 0 Å². The van der Waals surface area contributed by atoms with Gasteiger partial charge in [-0.2, -0.15) is 0 Å². The minimum Gasteiger partial charge on any atom is -0.466 e. The van der Waals surface area contributed by atoms with E-state index in [2.05, 4.69) is 10.8 Å². The SMILES string of the molecule is COC(=O)/C=C/CCCC[C@@H]1[C@@H](/C=C/C(O)C(C)CC=C(C)C)[C@H](O)C[C@H]1F. The quantitative estimate of drug-likeness (QED) is 0.233. The summed E-state index contributed by atoms with van der Waals surface area (Å²) in [5.74, 6) is -0.779. The summed E-state index contributed by atoms with van der Waals surface area (Å²) in [6.45, 7) is 6.04. The molecule has 4 nitrogen and oxygen atoms in total. The predicted octanol–water partition coefficient (Wildman–Crippen LogP) is 4.52. The largest absolute Gasteiger partial charge is 0.466 e. The van der Waals surface area contributed by atoms with E-state index in [4.69, 9.17) is 0 Å². The zero-order chi connectivity index (χ0) is 21.1. The van der Waals surface area contributed by atoms with Gasteiger partial charge in [0.05, 0.1) is 19.3 Å². The number of unbranched alkanes of at least 4 members (excludes halogenated alkanes) is 2. The minimum atomic E-state index is -1.02. The van der Waals surface area contributed by atoms with Crippen LogP contribution < -0.4 is 0 Å². The van der Waals surface area contributed by atoms with E-state index in [0.29, 0.717) is 6.42 Å². The van der Waals surface area contributed by atoms with Crippen LogP contribution in [0, 0.1) is 17.8 Å². The Morgan fingerprint density at radius 1 is 1.32 bits per heavy atom. The highest BCUT2D eigenvalue weighted by Gasteiger charge is 2.40. The van der Waals surface area contributed by atoms with Gasteiger partial charge in [-0.3, -0.25) is 0 Å². The first kappa shape index (κ1) is 24.6. The monoisotopic (exact) mass is 396 g/mol. The van der Waals surface area contributed by atoms with E-state index in [0.717, 1.165) is 25.7 Å². The molecule has 6 atom stereocenters. The summed E-state index contributed by atoms with van der Waals surface area (Å²) >= 11 is 0. The van der Waals surface area contributed by atoms with Crippen molar-refractivity contribution in [3.8, 4) is 0 Å². The number of allylic oxidation sites excluding steroid dienone is 3. The van der Waals surface area contributed by atoms with Crippen LogP contribution in [0.1, 0.15) is 59.3 Å². The predicted molar refractivity (Wildman–Crippen MR) is 110 cm³/mol. The van der Waals surface area contributed by atoms with Crippen molar-refractivity contribution in [2.24, 2.45) is 17.8 Å². The number of carbonyl (C=O) groups excluding carboxylic acids is 1. The van der Waals surface area contributed by atoms with Gasteiger partial charge in [0.2, 0.25) is 0 Å². The van der Waals surface area contributed by atoms with E-state index in [-0.39, 0.29) is 30.1 Å². The molecule has 0 aromatic heterocycles. The van der Waals surface area contributed by atoms with E-state index in [9.17, 15) is 19.4 Å². The van der Waals surface area contributed by atoms with Crippen molar-refractivity contribution in [3.63, 3.8) is 0 Å². The minimum absolute atomic E-state index is 0.0749. The van der Waals surface area contributed by atoms with Gasteiger partial charge in [-0.15, -0.1) is 0 Å². The zero-order valence-corrected chi connectivity index (χ0v) is 17.7. The second-order valence-electron chi connectivity index (χ2n) is 8.14. The van der Waals surface area contributed by atoms with Crippen LogP contribution >= 0.6 is 0 Å². The molecule has 0 aromatic rings. The van der Waals surface area contributed by atoms with Gasteiger partial charge in [0.15, 0.2) is 0 Å². The van der Waals surface area contributed by atoms with Crippen LogP contribution in [0.3, 0.4) is 0 Å². The molecule has 0 spiro atoms. The Bertz CT molecular complexity index is 551. The molecule has 0 bridgehead atoms. The fourth-order valence-electron chi connectivity index (χ4n) is 3.62. The lowest BCUT2D eigenvalue weighted by atomic mass is 9.87. The molecule has 28 heavy (non-hydrogen) atoms. The molecular weight excluding hydrogens is 359 g/mol. The highest BCUT2D eigenvalue weighted by Crippen LogP contribution is 2.39. The number of ether oxygens (including phenoxy) is 1. The topological polar surface area (TPSA) is 66.8 Å². The molecule has 1 saturated carbocycles. The fourth-order valence-corrected chi connectivity index (χ4v) is 3.62. The number of hydrogen-bond acceptors (Lipinski definition) is 4. The van der Waals surface area contributed by atoms with Crippen LogP contribution in [0.25, 0.3) is 0 Å². The van der Waals surface area contributed by atoms with Crippen LogP contribution in [-0.4, -0.2) is 41.7 Å². The number of esters is 1. The zero-order valence-electron chi connectivity index (χ0n) is 17.7. The normalized spacial score (nSPS) is 27.2. The van der Waals surface area contributed by atoms with Gasteiger partial charge < -0.3 is 14.9 Å². The number of methoxy groups -OCH3 is 1. The summed E-state index contributed by atoms with van der Waals surface area (Å²) in [6, 6.07) is 0. The molecule has 0 heterocycles. The van der Waals surface area contributed by atoms with Crippen molar-refractivity contribution >= 4 is 5.97 Å². The molecule has 1 fully saturated rings. The van der Waals surface area contributed by atoms with Crippen LogP contribution in [0.15, 0.2) is 36.0 Å². The number of aliphatic hydroxyl groups excluding tert-OH is 2.